The van der Waals surface area contributed by atoms with Crippen LogP contribution in [-0.4, -0.2) is 42.2 Å². The summed E-state index contributed by atoms with van der Waals surface area (Å²) in [5, 5.41) is 14.7. The van der Waals surface area contributed by atoms with Gasteiger partial charge in [0.2, 0.25) is 0 Å². The fourth-order valence-electron chi connectivity index (χ4n) is 5.25. The van der Waals surface area contributed by atoms with Crippen LogP contribution >= 0.6 is 0 Å². The molecule has 0 spiro atoms. The summed E-state index contributed by atoms with van der Waals surface area (Å²) in [5.74, 6) is 0.998. The average Bonchev–Trinajstić information content (AvgIpc) is 3.42. The van der Waals surface area contributed by atoms with Crippen molar-refractivity contribution >= 4 is 22.6 Å². The molecule has 10 heteroatoms. The third-order valence-corrected chi connectivity index (χ3v) is 6.85. The summed E-state index contributed by atoms with van der Waals surface area (Å²) in [6.07, 6.45) is 8.26. The zero-order valence-corrected chi connectivity index (χ0v) is 21.0. The zero-order chi connectivity index (χ0) is 25.4. The van der Waals surface area contributed by atoms with Crippen molar-refractivity contribution < 1.29 is 9.18 Å². The largest absolute Gasteiger partial charge is 0.357 e. The number of hydrogen-bond acceptors (Lipinski definition) is 6. The first-order valence-corrected chi connectivity index (χ1v) is 12.3. The van der Waals surface area contributed by atoms with Crippen molar-refractivity contribution in [2.24, 2.45) is 18.9 Å². The molecule has 0 unspecified atom stereocenters. The number of aromatic amines is 1. The molecule has 1 aliphatic rings. The molecule has 0 aliphatic heterocycles. The summed E-state index contributed by atoms with van der Waals surface area (Å²) in [4.78, 5) is 24.9. The second kappa shape index (κ2) is 9.42. The predicted octanol–water partition coefficient (Wildman–Crippen LogP) is 3.94. The lowest BCUT2D eigenvalue weighted by Crippen LogP contribution is -2.43. The van der Waals surface area contributed by atoms with Gasteiger partial charge in [0.1, 0.15) is 23.4 Å². The highest BCUT2D eigenvalue weighted by Gasteiger charge is 2.48. The van der Waals surface area contributed by atoms with Crippen LogP contribution in [0.5, 0.6) is 0 Å². The highest BCUT2D eigenvalue weighted by Crippen LogP contribution is 2.51. The van der Waals surface area contributed by atoms with Gasteiger partial charge in [0, 0.05) is 26.0 Å². The normalized spacial score (nSPS) is 19.6. The molecule has 4 heterocycles. The highest BCUT2D eigenvalue weighted by atomic mass is 19.1. The fraction of sp³-hybridized carbons (Fsp3) is 0.423. The van der Waals surface area contributed by atoms with E-state index in [1.807, 2.05) is 23.9 Å². The first-order valence-electron chi connectivity index (χ1n) is 12.3. The molecule has 0 saturated heterocycles. The topological polar surface area (TPSA) is 113 Å². The van der Waals surface area contributed by atoms with E-state index in [0.717, 1.165) is 36.3 Å². The van der Waals surface area contributed by atoms with E-state index >= 15 is 0 Å². The van der Waals surface area contributed by atoms with Crippen LogP contribution < -0.4 is 10.6 Å². The fourth-order valence-corrected chi connectivity index (χ4v) is 5.25. The summed E-state index contributed by atoms with van der Waals surface area (Å²) >= 11 is 0. The van der Waals surface area contributed by atoms with Crippen molar-refractivity contribution in [1.29, 1.82) is 0 Å². The number of nitrogens with zero attached hydrogens (tertiary/aromatic N) is 5. The summed E-state index contributed by atoms with van der Waals surface area (Å²) in [6.45, 7) is 7.74. The van der Waals surface area contributed by atoms with Gasteiger partial charge in [-0.25, -0.2) is 9.37 Å². The molecule has 4 aromatic rings. The van der Waals surface area contributed by atoms with Gasteiger partial charge in [-0.2, -0.15) is 0 Å². The highest BCUT2D eigenvalue weighted by molar-refractivity contribution is 6.04. The van der Waals surface area contributed by atoms with Crippen molar-refractivity contribution in [1.82, 2.24) is 35.0 Å². The van der Waals surface area contributed by atoms with E-state index in [-0.39, 0.29) is 16.6 Å². The minimum atomic E-state index is -0.488. The number of nitrogens with one attached hydrogen (secondary N) is 3. The number of anilines is 1. The molecule has 1 saturated carbocycles. The van der Waals surface area contributed by atoms with Gasteiger partial charge in [-0.3, -0.25) is 9.78 Å². The summed E-state index contributed by atoms with van der Waals surface area (Å²) in [5.41, 5.74) is 2.91. The van der Waals surface area contributed by atoms with E-state index in [1.165, 1.54) is 6.20 Å². The molecule has 0 radical (unpaired) electrons. The van der Waals surface area contributed by atoms with E-state index in [0.29, 0.717) is 29.6 Å². The molecule has 36 heavy (non-hydrogen) atoms. The predicted molar refractivity (Wildman–Crippen MR) is 135 cm³/mol. The Morgan fingerprint density at radius 1 is 1.31 bits per heavy atom. The van der Waals surface area contributed by atoms with Gasteiger partial charge in [-0.1, -0.05) is 20.8 Å². The van der Waals surface area contributed by atoms with Gasteiger partial charge in [0.05, 0.1) is 22.8 Å². The number of aromatic nitrogens is 6. The van der Waals surface area contributed by atoms with Crippen LogP contribution in [0.4, 0.5) is 10.1 Å². The molecule has 0 bridgehead atoms. The van der Waals surface area contributed by atoms with Crippen LogP contribution in [-0.2, 0) is 19.0 Å². The maximum absolute atomic E-state index is 14.4. The second-order valence-electron chi connectivity index (χ2n) is 10.3. The summed E-state index contributed by atoms with van der Waals surface area (Å²) in [6, 6.07) is 3.64. The number of amides is 1. The standard InChI is InChI=1S/C26H31FN8O/c1-15(2)9-28-10-17-5-21(33-23-20(27)13-30-22(17)23)24(36)32-19-6-18(11-29-12-19)26(7-16(3)8-26)25-34-31-14-35(25)4/h5-6,11-16,28,30H,7-10H2,1-4H3,(H,32,36). The quantitative estimate of drug-likeness (QED) is 0.345. The number of pyridine rings is 2. The van der Waals surface area contributed by atoms with Gasteiger partial charge < -0.3 is 20.2 Å². The molecular weight excluding hydrogens is 459 g/mol. The molecule has 3 N–H and O–H groups in total. The number of halogens is 1. The number of aryl methyl sites for hydroxylation is 1. The van der Waals surface area contributed by atoms with Crippen LogP contribution in [0.3, 0.4) is 0 Å². The number of fused-ring (bicyclic) bond motifs is 1. The summed E-state index contributed by atoms with van der Waals surface area (Å²) < 4.78 is 16.3. The smallest absolute Gasteiger partial charge is 0.274 e. The molecule has 5 rings (SSSR count). The SMILES string of the molecule is CC(C)CNCc1cc(C(=O)Nc2cncc(C3(c4nncn4C)CC(C)C3)c2)nc2c(F)c[nH]c12. The van der Waals surface area contributed by atoms with Crippen LogP contribution in [0, 0.1) is 17.7 Å². The van der Waals surface area contributed by atoms with Crippen LogP contribution in [0.25, 0.3) is 11.0 Å². The Bertz CT molecular complexity index is 1400. The lowest BCUT2D eigenvalue weighted by atomic mass is 9.59. The van der Waals surface area contributed by atoms with Crippen LogP contribution in [0.15, 0.2) is 37.1 Å². The van der Waals surface area contributed by atoms with Crippen molar-refractivity contribution in [3.05, 3.63) is 65.5 Å². The number of rotatable bonds is 8. The third kappa shape index (κ3) is 4.37. The number of carbonyl (C=O) groups excluding carboxylic acids is 1. The van der Waals surface area contributed by atoms with Crippen LogP contribution in [0.1, 0.15) is 61.1 Å². The Morgan fingerprint density at radius 2 is 2.11 bits per heavy atom. The Hall–Kier alpha value is -3.66. The molecule has 188 valence electrons. The Kier molecular flexibility index (Phi) is 6.29. The van der Waals surface area contributed by atoms with E-state index in [1.54, 1.807) is 18.6 Å². The third-order valence-electron chi connectivity index (χ3n) is 6.85. The van der Waals surface area contributed by atoms with Gasteiger partial charge in [-0.15, -0.1) is 10.2 Å². The lowest BCUT2D eigenvalue weighted by Gasteiger charge is -2.45. The second-order valence-corrected chi connectivity index (χ2v) is 10.3. The van der Waals surface area contributed by atoms with Crippen molar-refractivity contribution in [2.45, 2.75) is 45.6 Å². The van der Waals surface area contributed by atoms with Crippen molar-refractivity contribution in [3.63, 3.8) is 0 Å². The van der Waals surface area contributed by atoms with Gasteiger partial charge in [0.25, 0.3) is 5.91 Å². The maximum atomic E-state index is 14.4. The van der Waals surface area contributed by atoms with Gasteiger partial charge >= 0.3 is 0 Å². The van der Waals surface area contributed by atoms with E-state index in [9.17, 15) is 9.18 Å². The van der Waals surface area contributed by atoms with E-state index in [2.05, 4.69) is 56.6 Å². The van der Waals surface area contributed by atoms with E-state index < -0.39 is 11.7 Å². The molecule has 4 aromatic heterocycles. The van der Waals surface area contributed by atoms with Crippen LogP contribution in [0.2, 0.25) is 0 Å². The molecule has 1 amide bonds. The maximum Gasteiger partial charge on any atom is 0.274 e. The minimum absolute atomic E-state index is 0.146. The Labute approximate surface area is 209 Å². The molecular formula is C26H31FN8O. The number of H-pyrrole nitrogens is 1. The Balaban J connectivity index is 1.42. The minimum Gasteiger partial charge on any atom is -0.357 e. The number of carbonyl (C=O) groups is 1. The monoisotopic (exact) mass is 490 g/mol. The summed E-state index contributed by atoms with van der Waals surface area (Å²) in [7, 11) is 1.94. The number of hydrogen-bond donors (Lipinski definition) is 3. The first-order chi connectivity index (χ1) is 17.3. The molecule has 1 aliphatic carbocycles. The van der Waals surface area contributed by atoms with Crippen molar-refractivity contribution in [3.8, 4) is 0 Å². The van der Waals surface area contributed by atoms with Gasteiger partial charge in [0.15, 0.2) is 5.82 Å². The molecule has 1 fully saturated rings. The Morgan fingerprint density at radius 3 is 2.81 bits per heavy atom. The zero-order valence-electron chi connectivity index (χ0n) is 21.0. The molecule has 0 aromatic carbocycles. The molecule has 9 nitrogen and oxygen atoms in total. The van der Waals surface area contributed by atoms with Gasteiger partial charge in [-0.05, 0) is 54.5 Å². The van der Waals surface area contributed by atoms with Crippen molar-refractivity contribution in [2.75, 3.05) is 11.9 Å². The average molecular weight is 491 g/mol. The van der Waals surface area contributed by atoms with E-state index in [4.69, 9.17) is 0 Å². The lowest BCUT2D eigenvalue weighted by molar-refractivity contribution is 0.102. The molecule has 0 atom stereocenters. The first kappa shape index (κ1) is 24.1.